The van der Waals surface area contributed by atoms with Crippen LogP contribution in [0, 0.1) is 0 Å². The predicted octanol–water partition coefficient (Wildman–Crippen LogP) is -0.0877. The maximum atomic E-state index is 11.6. The van der Waals surface area contributed by atoms with Gasteiger partial charge in [-0.1, -0.05) is 37.3 Å². The smallest absolute Gasteiger partial charge is 0.220 e. The van der Waals surface area contributed by atoms with Gasteiger partial charge in [-0.25, -0.2) is 0 Å². The van der Waals surface area contributed by atoms with Gasteiger partial charge in [0.2, 0.25) is 5.91 Å². The van der Waals surface area contributed by atoms with Crippen LogP contribution in [-0.4, -0.2) is 70.1 Å². The summed E-state index contributed by atoms with van der Waals surface area (Å²) < 4.78 is 0. The van der Waals surface area contributed by atoms with Crippen molar-refractivity contribution in [1.29, 1.82) is 0 Å². The number of aliphatic hydroxyl groups excluding tert-OH is 3. The van der Waals surface area contributed by atoms with Crippen molar-refractivity contribution in [3.8, 4) is 0 Å². The zero-order valence-corrected chi connectivity index (χ0v) is 14.1. The molecular weight excluding hydrogens is 308 g/mol. The van der Waals surface area contributed by atoms with Gasteiger partial charge in [-0.15, -0.1) is 0 Å². The Bertz CT molecular complexity index is 511. The minimum Gasteiger partial charge on any atom is -0.395 e. The van der Waals surface area contributed by atoms with Crippen molar-refractivity contribution in [1.82, 2.24) is 10.2 Å². The van der Waals surface area contributed by atoms with Crippen LogP contribution in [0.15, 0.2) is 30.3 Å². The Hall–Kier alpha value is -1.47. The molecule has 1 aliphatic heterocycles. The number of benzene rings is 1. The number of piperidine rings is 1. The van der Waals surface area contributed by atoms with Gasteiger partial charge in [0.1, 0.15) is 6.10 Å². The van der Waals surface area contributed by atoms with E-state index in [-0.39, 0.29) is 12.5 Å². The number of hydrogen-bond acceptors (Lipinski definition) is 5. The summed E-state index contributed by atoms with van der Waals surface area (Å²) in [6.07, 6.45) is -0.0417. The first kappa shape index (κ1) is 18.9. The summed E-state index contributed by atoms with van der Waals surface area (Å²) in [6, 6.07) is 9.10. The minimum atomic E-state index is -1.08. The van der Waals surface area contributed by atoms with Crippen LogP contribution < -0.4 is 5.32 Å². The molecule has 0 bridgehead atoms. The molecule has 0 aliphatic carbocycles. The summed E-state index contributed by atoms with van der Waals surface area (Å²) in [7, 11) is 0. The second kappa shape index (κ2) is 9.13. The highest BCUT2D eigenvalue weighted by molar-refractivity contribution is 5.75. The summed E-state index contributed by atoms with van der Waals surface area (Å²) in [5.74, 6) is -0.155. The molecule has 6 heteroatoms. The molecule has 1 heterocycles. The number of amides is 1. The van der Waals surface area contributed by atoms with Crippen LogP contribution in [0.1, 0.15) is 25.3 Å². The first-order valence-electron chi connectivity index (χ1n) is 8.61. The van der Waals surface area contributed by atoms with E-state index in [4.69, 9.17) is 0 Å². The third-order valence-electron chi connectivity index (χ3n) is 4.66. The molecule has 134 valence electrons. The van der Waals surface area contributed by atoms with Crippen molar-refractivity contribution in [3.05, 3.63) is 35.9 Å². The second-order valence-electron chi connectivity index (χ2n) is 6.34. The lowest BCUT2D eigenvalue weighted by Gasteiger charge is -2.45. The van der Waals surface area contributed by atoms with Gasteiger partial charge in [-0.3, -0.25) is 9.69 Å². The Kier molecular flexibility index (Phi) is 7.17. The van der Waals surface area contributed by atoms with E-state index >= 15 is 0 Å². The average Bonchev–Trinajstić information content (AvgIpc) is 2.60. The zero-order valence-electron chi connectivity index (χ0n) is 14.1. The summed E-state index contributed by atoms with van der Waals surface area (Å²) in [5, 5.41) is 32.8. The fourth-order valence-corrected chi connectivity index (χ4v) is 3.23. The molecule has 0 aromatic heterocycles. The minimum absolute atomic E-state index is 0.155. The van der Waals surface area contributed by atoms with E-state index < -0.39 is 24.3 Å². The van der Waals surface area contributed by atoms with Crippen LogP contribution >= 0.6 is 0 Å². The SMILES string of the molecule is CCC(=O)NC1CN(CCCc2ccccc2)C(CO)C(O)C1O. The van der Waals surface area contributed by atoms with Gasteiger partial charge in [0.25, 0.3) is 0 Å². The number of nitrogens with zero attached hydrogens (tertiary/aromatic N) is 1. The maximum Gasteiger partial charge on any atom is 0.220 e. The maximum absolute atomic E-state index is 11.6. The molecule has 1 saturated heterocycles. The molecule has 6 nitrogen and oxygen atoms in total. The average molecular weight is 336 g/mol. The quantitative estimate of drug-likeness (QED) is 0.559. The van der Waals surface area contributed by atoms with Crippen molar-refractivity contribution in [3.63, 3.8) is 0 Å². The highest BCUT2D eigenvalue weighted by Crippen LogP contribution is 2.20. The van der Waals surface area contributed by atoms with Crippen LogP contribution in [-0.2, 0) is 11.2 Å². The van der Waals surface area contributed by atoms with E-state index in [0.717, 1.165) is 12.8 Å². The van der Waals surface area contributed by atoms with Crippen molar-refractivity contribution >= 4 is 5.91 Å². The van der Waals surface area contributed by atoms with Crippen LogP contribution in [0.3, 0.4) is 0 Å². The Morgan fingerprint density at radius 3 is 2.58 bits per heavy atom. The van der Waals surface area contributed by atoms with E-state index in [1.807, 2.05) is 23.1 Å². The van der Waals surface area contributed by atoms with Gasteiger partial charge in [-0.2, -0.15) is 0 Å². The first-order chi connectivity index (χ1) is 11.6. The van der Waals surface area contributed by atoms with E-state index in [2.05, 4.69) is 17.4 Å². The number of rotatable bonds is 7. The molecule has 4 atom stereocenters. The van der Waals surface area contributed by atoms with Gasteiger partial charge in [0, 0.05) is 13.0 Å². The lowest BCUT2D eigenvalue weighted by atomic mass is 9.92. The molecule has 24 heavy (non-hydrogen) atoms. The molecule has 0 radical (unpaired) electrons. The van der Waals surface area contributed by atoms with Crippen LogP contribution in [0.25, 0.3) is 0 Å². The molecule has 2 rings (SSSR count). The largest absolute Gasteiger partial charge is 0.395 e. The van der Waals surface area contributed by atoms with E-state index in [1.165, 1.54) is 5.56 Å². The highest BCUT2D eigenvalue weighted by Gasteiger charge is 2.41. The number of nitrogens with one attached hydrogen (secondary N) is 1. The Balaban J connectivity index is 1.95. The van der Waals surface area contributed by atoms with Crippen LogP contribution in [0.4, 0.5) is 0 Å². The molecule has 1 amide bonds. The number of carbonyl (C=O) groups is 1. The Morgan fingerprint density at radius 1 is 1.25 bits per heavy atom. The highest BCUT2D eigenvalue weighted by atomic mass is 16.3. The van der Waals surface area contributed by atoms with Gasteiger partial charge in [-0.05, 0) is 24.9 Å². The number of likely N-dealkylation sites (tertiary alicyclic amines) is 1. The molecule has 1 aromatic carbocycles. The van der Waals surface area contributed by atoms with Crippen molar-refractivity contribution in [2.45, 2.75) is 50.5 Å². The fourth-order valence-electron chi connectivity index (χ4n) is 3.23. The molecule has 0 spiro atoms. The first-order valence-corrected chi connectivity index (χ1v) is 8.61. The standard InChI is InChI=1S/C18H28N2O4/c1-2-16(22)19-14-11-20(15(12-21)18(24)17(14)23)10-6-9-13-7-4-3-5-8-13/h3-5,7-8,14-15,17-18,21,23-24H,2,6,9-12H2,1H3,(H,19,22). The zero-order chi connectivity index (χ0) is 17.5. The second-order valence-corrected chi connectivity index (χ2v) is 6.34. The number of carbonyl (C=O) groups excluding carboxylic acids is 1. The molecule has 1 aromatic rings. The number of aliphatic hydroxyl groups is 3. The van der Waals surface area contributed by atoms with E-state index in [9.17, 15) is 20.1 Å². The fraction of sp³-hybridized carbons (Fsp3) is 0.611. The summed E-state index contributed by atoms with van der Waals surface area (Å²) >= 11 is 0. The molecule has 4 unspecified atom stereocenters. The van der Waals surface area contributed by atoms with Gasteiger partial charge >= 0.3 is 0 Å². The van der Waals surface area contributed by atoms with Crippen molar-refractivity contribution < 1.29 is 20.1 Å². The lowest BCUT2D eigenvalue weighted by Crippen LogP contribution is -2.66. The van der Waals surface area contributed by atoms with Crippen molar-refractivity contribution in [2.24, 2.45) is 0 Å². The van der Waals surface area contributed by atoms with Gasteiger partial charge < -0.3 is 20.6 Å². The van der Waals surface area contributed by atoms with Crippen LogP contribution in [0.2, 0.25) is 0 Å². The predicted molar refractivity (Wildman–Crippen MR) is 91.4 cm³/mol. The van der Waals surface area contributed by atoms with E-state index in [0.29, 0.717) is 19.5 Å². The molecule has 0 saturated carbocycles. The summed E-state index contributed by atoms with van der Waals surface area (Å²) in [5.41, 5.74) is 1.24. The normalized spacial score (nSPS) is 27.8. The summed E-state index contributed by atoms with van der Waals surface area (Å²) in [4.78, 5) is 13.6. The Morgan fingerprint density at radius 2 is 1.96 bits per heavy atom. The third-order valence-corrected chi connectivity index (χ3v) is 4.66. The molecular formula is C18H28N2O4. The summed E-state index contributed by atoms with van der Waals surface area (Å²) in [6.45, 7) is 2.62. The number of aryl methyl sites for hydroxylation is 1. The Labute approximate surface area is 143 Å². The topological polar surface area (TPSA) is 93.0 Å². The lowest BCUT2D eigenvalue weighted by molar-refractivity contribution is -0.130. The van der Waals surface area contributed by atoms with E-state index in [1.54, 1.807) is 6.92 Å². The monoisotopic (exact) mass is 336 g/mol. The van der Waals surface area contributed by atoms with Gasteiger partial charge in [0.15, 0.2) is 0 Å². The van der Waals surface area contributed by atoms with Crippen molar-refractivity contribution in [2.75, 3.05) is 19.7 Å². The molecule has 1 fully saturated rings. The molecule has 4 N–H and O–H groups in total. The van der Waals surface area contributed by atoms with Crippen LogP contribution in [0.5, 0.6) is 0 Å². The third kappa shape index (κ3) is 4.77. The van der Waals surface area contributed by atoms with Gasteiger partial charge in [0.05, 0.1) is 24.8 Å². The molecule has 1 aliphatic rings. The number of hydrogen-bond donors (Lipinski definition) is 4.